The van der Waals surface area contributed by atoms with Crippen LogP contribution in [0.15, 0.2) is 45.3 Å². The molecular weight excluding hydrogens is 220 g/mol. The maximum Gasteiger partial charge on any atom is 0.234 e. The van der Waals surface area contributed by atoms with Crippen LogP contribution < -0.4 is 0 Å². The molecule has 2 heterocycles. The molecule has 0 aliphatic carbocycles. The van der Waals surface area contributed by atoms with E-state index in [2.05, 4.69) is 9.97 Å². The van der Waals surface area contributed by atoms with Gasteiger partial charge in [0.1, 0.15) is 4.21 Å². The van der Waals surface area contributed by atoms with E-state index in [1.165, 1.54) is 24.0 Å². The Kier molecular flexibility index (Phi) is 2.30. The van der Waals surface area contributed by atoms with Crippen LogP contribution in [-0.2, 0) is 9.84 Å². The summed E-state index contributed by atoms with van der Waals surface area (Å²) in [6.45, 7) is 0. The molecule has 0 atom stereocenters. The smallest absolute Gasteiger partial charge is 0.234 e. The molecule has 0 amide bonds. The Labute approximate surface area is 85.2 Å². The van der Waals surface area contributed by atoms with Crippen LogP contribution in [0.5, 0.6) is 0 Å². The fourth-order valence-electron chi connectivity index (χ4n) is 0.946. The van der Waals surface area contributed by atoms with Gasteiger partial charge in [0, 0.05) is 6.20 Å². The molecule has 2 aromatic rings. The Hall–Kier alpha value is -1.27. The van der Waals surface area contributed by atoms with Gasteiger partial charge in [-0.05, 0) is 12.1 Å². The molecule has 0 saturated heterocycles. The molecule has 0 aromatic carbocycles. The van der Waals surface area contributed by atoms with Gasteiger partial charge in [0.15, 0.2) is 5.03 Å². The molecule has 0 N–H and O–H groups in total. The van der Waals surface area contributed by atoms with Gasteiger partial charge in [0.05, 0.1) is 11.7 Å². The van der Waals surface area contributed by atoms with E-state index in [1.807, 2.05) is 0 Å². The number of sulfone groups is 1. The van der Waals surface area contributed by atoms with Crippen molar-refractivity contribution >= 4 is 21.2 Å². The van der Waals surface area contributed by atoms with E-state index in [4.69, 9.17) is 0 Å². The molecule has 0 aliphatic heterocycles. The zero-order valence-corrected chi connectivity index (χ0v) is 8.62. The Bertz CT molecular complexity index is 506. The van der Waals surface area contributed by atoms with Gasteiger partial charge < -0.3 is 0 Å². The van der Waals surface area contributed by atoms with Crippen molar-refractivity contribution < 1.29 is 8.42 Å². The lowest BCUT2D eigenvalue weighted by Gasteiger charge is -1.97. The second kappa shape index (κ2) is 3.47. The van der Waals surface area contributed by atoms with Crippen LogP contribution in [0, 0.1) is 0 Å². The largest absolute Gasteiger partial charge is 0.252 e. The van der Waals surface area contributed by atoms with Crippen LogP contribution in [0.4, 0.5) is 0 Å². The molecule has 0 saturated carbocycles. The van der Waals surface area contributed by atoms with Crippen LogP contribution in [0.1, 0.15) is 0 Å². The zero-order chi connectivity index (χ0) is 10.0. The second-order valence-corrected chi connectivity index (χ2v) is 5.50. The Morgan fingerprint density at radius 1 is 1.29 bits per heavy atom. The maximum absolute atomic E-state index is 11.8. The summed E-state index contributed by atoms with van der Waals surface area (Å²) in [7, 11) is -3.45. The molecule has 0 spiro atoms. The van der Waals surface area contributed by atoms with Crippen LogP contribution in [-0.4, -0.2) is 18.4 Å². The van der Waals surface area contributed by atoms with Gasteiger partial charge in [-0.15, -0.1) is 11.3 Å². The van der Waals surface area contributed by atoms with Crippen LogP contribution in [0.25, 0.3) is 0 Å². The molecule has 0 bridgehead atoms. The van der Waals surface area contributed by atoms with Crippen molar-refractivity contribution in [2.45, 2.75) is 9.24 Å². The summed E-state index contributed by atoms with van der Waals surface area (Å²) >= 11 is 1.09. The normalized spacial score (nSPS) is 11.4. The summed E-state index contributed by atoms with van der Waals surface area (Å²) in [5.41, 5.74) is 1.48. The quantitative estimate of drug-likeness (QED) is 0.776. The predicted octanol–water partition coefficient (Wildman–Crippen LogP) is 1.37. The third-order valence-electron chi connectivity index (χ3n) is 1.59. The molecule has 6 heteroatoms. The van der Waals surface area contributed by atoms with Crippen molar-refractivity contribution in [2.24, 2.45) is 0 Å². The van der Waals surface area contributed by atoms with Gasteiger partial charge in [-0.25, -0.2) is 13.4 Å². The minimum atomic E-state index is -3.45. The zero-order valence-electron chi connectivity index (χ0n) is 6.99. The highest BCUT2D eigenvalue weighted by molar-refractivity contribution is 7.93. The summed E-state index contributed by atoms with van der Waals surface area (Å²) in [5, 5.41) is 0.0595. The van der Waals surface area contributed by atoms with Gasteiger partial charge in [0.25, 0.3) is 0 Å². The lowest BCUT2D eigenvalue weighted by molar-refractivity contribution is 0.594. The van der Waals surface area contributed by atoms with E-state index in [9.17, 15) is 8.42 Å². The number of pyridine rings is 1. The van der Waals surface area contributed by atoms with Crippen molar-refractivity contribution in [2.75, 3.05) is 0 Å². The highest BCUT2D eigenvalue weighted by atomic mass is 32.2. The van der Waals surface area contributed by atoms with Gasteiger partial charge in [0.2, 0.25) is 9.84 Å². The molecule has 0 aliphatic rings. The lowest BCUT2D eigenvalue weighted by Crippen LogP contribution is -2.01. The fourth-order valence-corrected chi connectivity index (χ4v) is 3.05. The predicted molar refractivity (Wildman–Crippen MR) is 51.8 cm³/mol. The summed E-state index contributed by atoms with van der Waals surface area (Å²) < 4.78 is 23.8. The van der Waals surface area contributed by atoms with E-state index >= 15 is 0 Å². The molecule has 4 nitrogen and oxygen atoms in total. The van der Waals surface area contributed by atoms with Gasteiger partial charge >= 0.3 is 0 Å². The van der Waals surface area contributed by atoms with E-state index in [0.29, 0.717) is 0 Å². The molecule has 0 fully saturated rings. The van der Waals surface area contributed by atoms with Gasteiger partial charge in [-0.1, -0.05) is 6.07 Å². The molecular formula is C8H6N2O2S2. The summed E-state index contributed by atoms with van der Waals surface area (Å²) in [5.74, 6) is 0. The van der Waals surface area contributed by atoms with Crippen LogP contribution in [0.3, 0.4) is 0 Å². The second-order valence-electron chi connectivity index (χ2n) is 2.49. The number of aromatic nitrogens is 2. The number of thiazole rings is 1. The molecule has 2 rings (SSSR count). The average Bonchev–Trinajstić information content (AvgIpc) is 2.72. The van der Waals surface area contributed by atoms with Crippen molar-refractivity contribution in [3.63, 3.8) is 0 Å². The van der Waals surface area contributed by atoms with Crippen molar-refractivity contribution in [1.29, 1.82) is 0 Å². The highest BCUT2D eigenvalue weighted by Gasteiger charge is 2.19. The van der Waals surface area contributed by atoms with Crippen LogP contribution >= 0.6 is 11.3 Å². The number of rotatable bonds is 2. The topological polar surface area (TPSA) is 59.9 Å². The third-order valence-corrected chi connectivity index (χ3v) is 4.53. The minimum Gasteiger partial charge on any atom is -0.252 e. The van der Waals surface area contributed by atoms with Crippen molar-refractivity contribution in [3.8, 4) is 0 Å². The highest BCUT2D eigenvalue weighted by Crippen LogP contribution is 2.21. The van der Waals surface area contributed by atoms with Gasteiger partial charge in [-0.2, -0.15) is 0 Å². The Morgan fingerprint density at radius 2 is 2.14 bits per heavy atom. The first-order valence-electron chi connectivity index (χ1n) is 3.76. The van der Waals surface area contributed by atoms with E-state index in [0.717, 1.165) is 11.3 Å². The number of hydrogen-bond donors (Lipinski definition) is 0. The summed E-state index contributed by atoms with van der Waals surface area (Å²) in [6, 6.07) is 4.78. The van der Waals surface area contributed by atoms with E-state index < -0.39 is 9.84 Å². The maximum atomic E-state index is 11.8. The van der Waals surface area contributed by atoms with Crippen molar-refractivity contribution in [3.05, 3.63) is 36.1 Å². The SMILES string of the molecule is O=S(=O)(c1ccccn1)c1cncs1. The average molecular weight is 226 g/mol. The summed E-state index contributed by atoms with van der Waals surface area (Å²) in [6.07, 6.45) is 2.78. The van der Waals surface area contributed by atoms with E-state index in [-0.39, 0.29) is 9.24 Å². The molecule has 14 heavy (non-hydrogen) atoms. The Balaban J connectivity index is 2.55. The molecule has 2 aromatic heterocycles. The van der Waals surface area contributed by atoms with E-state index in [1.54, 1.807) is 12.1 Å². The first kappa shape index (κ1) is 9.29. The van der Waals surface area contributed by atoms with Gasteiger partial charge in [-0.3, -0.25) is 4.98 Å². The first-order valence-corrected chi connectivity index (χ1v) is 6.12. The number of hydrogen-bond acceptors (Lipinski definition) is 5. The third kappa shape index (κ3) is 1.53. The standard InChI is InChI=1S/C8H6N2O2S2/c11-14(12,8-5-9-6-13-8)7-3-1-2-4-10-7/h1-6H. The fraction of sp³-hybridized carbons (Fsp3) is 0. The first-order chi connectivity index (χ1) is 6.71. The van der Waals surface area contributed by atoms with Crippen LogP contribution in [0.2, 0.25) is 0 Å². The lowest BCUT2D eigenvalue weighted by atomic mass is 10.5. The summed E-state index contributed by atoms with van der Waals surface area (Å²) in [4.78, 5) is 7.52. The molecule has 72 valence electrons. The van der Waals surface area contributed by atoms with Crippen molar-refractivity contribution in [1.82, 2.24) is 9.97 Å². The molecule has 0 radical (unpaired) electrons. The Morgan fingerprint density at radius 3 is 2.71 bits per heavy atom. The number of nitrogens with zero attached hydrogens (tertiary/aromatic N) is 2. The molecule has 0 unspecified atom stereocenters. The monoisotopic (exact) mass is 226 g/mol. The minimum absolute atomic E-state index is 0.0595.